The lowest BCUT2D eigenvalue weighted by Crippen LogP contribution is -2.25. The van der Waals surface area contributed by atoms with E-state index in [9.17, 15) is 4.79 Å². The number of rotatable bonds is 6. The topological polar surface area (TPSA) is 29.1 Å². The Morgan fingerprint density at radius 1 is 1.38 bits per heavy atom. The fourth-order valence-corrected chi connectivity index (χ4v) is 1.80. The van der Waals surface area contributed by atoms with Crippen molar-refractivity contribution in [3.05, 3.63) is 35.4 Å². The molecule has 0 aromatic heterocycles. The van der Waals surface area contributed by atoms with Crippen LogP contribution in [0.15, 0.2) is 24.3 Å². The molecule has 0 spiro atoms. The van der Waals surface area contributed by atoms with E-state index in [4.69, 9.17) is 0 Å². The molecular formula is C13H19NOS. The van der Waals surface area contributed by atoms with Crippen LogP contribution in [0.25, 0.3) is 0 Å². The second-order valence-corrected chi connectivity index (χ2v) is 4.19. The number of hydrogen-bond donors (Lipinski definition) is 2. The van der Waals surface area contributed by atoms with E-state index in [0.717, 1.165) is 42.7 Å². The highest BCUT2D eigenvalue weighted by atomic mass is 32.1. The summed E-state index contributed by atoms with van der Waals surface area (Å²) in [6.45, 7) is 2.87. The summed E-state index contributed by atoms with van der Waals surface area (Å²) in [5.74, 6) is 0.796. The Hall–Kier alpha value is -0.960. The first kappa shape index (κ1) is 13.1. The van der Waals surface area contributed by atoms with E-state index >= 15 is 0 Å². The minimum atomic E-state index is 0.0332. The SMILES string of the molecule is CCCCNC(=O)c1ccccc1CCS. The highest BCUT2D eigenvalue weighted by Crippen LogP contribution is 2.10. The summed E-state index contributed by atoms with van der Waals surface area (Å²) in [7, 11) is 0. The van der Waals surface area contributed by atoms with Crippen LogP contribution in [0, 0.1) is 0 Å². The minimum Gasteiger partial charge on any atom is -0.352 e. The summed E-state index contributed by atoms with van der Waals surface area (Å²) >= 11 is 4.20. The molecule has 0 heterocycles. The molecule has 0 saturated heterocycles. The van der Waals surface area contributed by atoms with E-state index < -0.39 is 0 Å². The van der Waals surface area contributed by atoms with Gasteiger partial charge in [-0.15, -0.1) is 0 Å². The number of thiol groups is 1. The van der Waals surface area contributed by atoms with Crippen molar-refractivity contribution in [1.29, 1.82) is 0 Å². The van der Waals surface area contributed by atoms with Gasteiger partial charge in [0, 0.05) is 12.1 Å². The third-order valence-electron chi connectivity index (χ3n) is 2.46. The quantitative estimate of drug-likeness (QED) is 0.578. The lowest BCUT2D eigenvalue weighted by Gasteiger charge is -2.08. The number of carbonyl (C=O) groups is 1. The van der Waals surface area contributed by atoms with Gasteiger partial charge in [-0.25, -0.2) is 0 Å². The van der Waals surface area contributed by atoms with Gasteiger partial charge in [0.2, 0.25) is 0 Å². The zero-order valence-corrected chi connectivity index (χ0v) is 10.6. The Labute approximate surface area is 103 Å². The van der Waals surface area contributed by atoms with Crippen LogP contribution in [-0.4, -0.2) is 18.2 Å². The third-order valence-corrected chi connectivity index (χ3v) is 2.68. The lowest BCUT2D eigenvalue weighted by atomic mass is 10.0. The predicted octanol–water partition coefficient (Wildman–Crippen LogP) is 2.69. The Morgan fingerprint density at radius 2 is 2.12 bits per heavy atom. The Kier molecular flexibility index (Phi) is 6.01. The predicted molar refractivity (Wildman–Crippen MR) is 71.2 cm³/mol. The highest BCUT2D eigenvalue weighted by Gasteiger charge is 2.08. The van der Waals surface area contributed by atoms with E-state index in [-0.39, 0.29) is 5.91 Å². The molecule has 1 aromatic carbocycles. The number of carbonyl (C=O) groups excluding carboxylic acids is 1. The highest BCUT2D eigenvalue weighted by molar-refractivity contribution is 7.80. The van der Waals surface area contributed by atoms with Crippen LogP contribution in [0.5, 0.6) is 0 Å². The van der Waals surface area contributed by atoms with Crippen LogP contribution >= 0.6 is 12.6 Å². The van der Waals surface area contributed by atoms with Gasteiger partial charge >= 0.3 is 0 Å². The number of aryl methyl sites for hydroxylation is 1. The van der Waals surface area contributed by atoms with Gasteiger partial charge < -0.3 is 5.32 Å². The maximum Gasteiger partial charge on any atom is 0.251 e. The van der Waals surface area contributed by atoms with E-state index in [2.05, 4.69) is 24.9 Å². The number of nitrogens with one attached hydrogen (secondary N) is 1. The number of amides is 1. The second-order valence-electron chi connectivity index (χ2n) is 3.74. The van der Waals surface area contributed by atoms with Crippen molar-refractivity contribution in [3.63, 3.8) is 0 Å². The molecule has 0 unspecified atom stereocenters. The fourth-order valence-electron chi connectivity index (χ4n) is 1.55. The molecule has 0 aliphatic rings. The molecule has 0 aliphatic carbocycles. The van der Waals surface area contributed by atoms with Crippen molar-refractivity contribution < 1.29 is 4.79 Å². The van der Waals surface area contributed by atoms with Gasteiger partial charge in [-0.2, -0.15) is 12.6 Å². The zero-order valence-electron chi connectivity index (χ0n) is 9.70. The molecule has 1 rings (SSSR count). The van der Waals surface area contributed by atoms with Gasteiger partial charge in [-0.05, 0) is 30.2 Å². The summed E-state index contributed by atoms with van der Waals surface area (Å²) in [5, 5.41) is 2.93. The van der Waals surface area contributed by atoms with Crippen molar-refractivity contribution in [3.8, 4) is 0 Å². The van der Waals surface area contributed by atoms with Gasteiger partial charge in [0.15, 0.2) is 0 Å². The molecular weight excluding hydrogens is 218 g/mol. The van der Waals surface area contributed by atoms with Gasteiger partial charge in [-0.3, -0.25) is 4.79 Å². The van der Waals surface area contributed by atoms with Gasteiger partial charge in [0.1, 0.15) is 0 Å². The number of unbranched alkanes of at least 4 members (excludes halogenated alkanes) is 1. The van der Waals surface area contributed by atoms with Gasteiger partial charge in [0.25, 0.3) is 5.91 Å². The molecule has 2 nitrogen and oxygen atoms in total. The first-order valence-electron chi connectivity index (χ1n) is 5.76. The van der Waals surface area contributed by atoms with Crippen molar-refractivity contribution >= 4 is 18.5 Å². The van der Waals surface area contributed by atoms with Crippen molar-refractivity contribution in [1.82, 2.24) is 5.32 Å². The molecule has 1 aromatic rings. The largest absolute Gasteiger partial charge is 0.352 e. The van der Waals surface area contributed by atoms with Crippen LogP contribution in [0.2, 0.25) is 0 Å². The second kappa shape index (κ2) is 7.34. The first-order valence-corrected chi connectivity index (χ1v) is 6.39. The molecule has 0 saturated carbocycles. The standard InChI is InChI=1S/C13H19NOS/c1-2-3-9-14-13(15)12-7-5-4-6-11(12)8-10-16/h4-7,16H,2-3,8-10H2,1H3,(H,14,15). The molecule has 0 atom stereocenters. The minimum absolute atomic E-state index is 0.0332. The Morgan fingerprint density at radius 3 is 2.81 bits per heavy atom. The molecule has 0 bridgehead atoms. The normalized spacial score (nSPS) is 10.1. The molecule has 0 radical (unpaired) electrons. The average molecular weight is 237 g/mol. The maximum atomic E-state index is 11.9. The maximum absolute atomic E-state index is 11.9. The summed E-state index contributed by atoms with van der Waals surface area (Å²) in [4.78, 5) is 11.9. The average Bonchev–Trinajstić information content (AvgIpc) is 2.30. The molecule has 1 N–H and O–H groups in total. The fraction of sp³-hybridized carbons (Fsp3) is 0.462. The van der Waals surface area contributed by atoms with Crippen LogP contribution in [0.3, 0.4) is 0 Å². The van der Waals surface area contributed by atoms with Crippen LogP contribution in [0.1, 0.15) is 35.7 Å². The smallest absolute Gasteiger partial charge is 0.251 e. The van der Waals surface area contributed by atoms with Crippen molar-refractivity contribution in [2.24, 2.45) is 0 Å². The summed E-state index contributed by atoms with van der Waals surface area (Å²) in [6.07, 6.45) is 2.96. The molecule has 3 heteroatoms. The van der Waals surface area contributed by atoms with Crippen LogP contribution in [0.4, 0.5) is 0 Å². The Balaban J connectivity index is 2.66. The summed E-state index contributed by atoms with van der Waals surface area (Å²) in [5.41, 5.74) is 1.86. The van der Waals surface area contributed by atoms with Crippen molar-refractivity contribution in [2.75, 3.05) is 12.3 Å². The summed E-state index contributed by atoms with van der Waals surface area (Å²) < 4.78 is 0. The van der Waals surface area contributed by atoms with E-state index in [1.165, 1.54) is 0 Å². The molecule has 0 fully saturated rings. The van der Waals surface area contributed by atoms with Crippen LogP contribution in [-0.2, 0) is 6.42 Å². The van der Waals surface area contributed by atoms with E-state index in [0.29, 0.717) is 0 Å². The molecule has 1 amide bonds. The van der Waals surface area contributed by atoms with Gasteiger partial charge in [-0.1, -0.05) is 31.5 Å². The number of benzene rings is 1. The van der Waals surface area contributed by atoms with Crippen LogP contribution < -0.4 is 5.32 Å². The third kappa shape index (κ3) is 3.89. The van der Waals surface area contributed by atoms with Crippen molar-refractivity contribution in [2.45, 2.75) is 26.2 Å². The van der Waals surface area contributed by atoms with Gasteiger partial charge in [0.05, 0.1) is 0 Å². The molecule has 16 heavy (non-hydrogen) atoms. The monoisotopic (exact) mass is 237 g/mol. The van der Waals surface area contributed by atoms with E-state index in [1.807, 2.05) is 24.3 Å². The molecule has 0 aliphatic heterocycles. The molecule has 88 valence electrons. The first-order chi connectivity index (χ1) is 7.79. The number of hydrogen-bond acceptors (Lipinski definition) is 2. The lowest BCUT2D eigenvalue weighted by molar-refractivity contribution is 0.0952. The summed E-state index contributed by atoms with van der Waals surface area (Å²) in [6, 6.07) is 7.73. The zero-order chi connectivity index (χ0) is 11.8. The Bertz CT molecular complexity index is 338. The van der Waals surface area contributed by atoms with E-state index in [1.54, 1.807) is 0 Å².